The van der Waals surface area contributed by atoms with Crippen LogP contribution < -0.4 is 24.8 Å². The van der Waals surface area contributed by atoms with Crippen molar-refractivity contribution in [2.75, 3.05) is 19.5 Å². The summed E-state index contributed by atoms with van der Waals surface area (Å²) < 4.78 is 16.9. The molecular weight excluding hydrogens is 462 g/mol. The lowest BCUT2D eigenvalue weighted by atomic mass is 10.0. The van der Waals surface area contributed by atoms with Crippen molar-refractivity contribution in [2.45, 2.75) is 13.8 Å². The van der Waals surface area contributed by atoms with E-state index in [-0.39, 0.29) is 11.0 Å². The summed E-state index contributed by atoms with van der Waals surface area (Å²) in [6.07, 6.45) is 1.68. The molecule has 8 heteroatoms. The van der Waals surface area contributed by atoms with Crippen molar-refractivity contribution in [1.29, 1.82) is 0 Å². The number of carbonyl (C=O) groups is 1. The molecule has 0 unspecified atom stereocenters. The zero-order valence-electron chi connectivity index (χ0n) is 19.8. The zero-order valence-corrected chi connectivity index (χ0v) is 20.7. The van der Waals surface area contributed by atoms with Gasteiger partial charge >= 0.3 is 0 Å². The molecule has 1 aromatic heterocycles. The van der Waals surface area contributed by atoms with E-state index >= 15 is 0 Å². The second-order valence-electron chi connectivity index (χ2n) is 7.82. The lowest BCUT2D eigenvalue weighted by Gasteiger charge is -2.13. The van der Waals surface area contributed by atoms with Crippen LogP contribution in [-0.4, -0.2) is 30.2 Å². The Morgan fingerprint density at radius 3 is 2.34 bits per heavy atom. The number of aryl methyl sites for hydroxylation is 1. The third kappa shape index (κ3) is 5.33. The van der Waals surface area contributed by atoms with Crippen LogP contribution in [0.3, 0.4) is 0 Å². The number of benzene rings is 3. The lowest BCUT2D eigenvalue weighted by molar-refractivity contribution is 0.0977. The molecule has 7 nitrogen and oxygen atoms in total. The van der Waals surface area contributed by atoms with Crippen molar-refractivity contribution >= 4 is 39.8 Å². The van der Waals surface area contributed by atoms with Gasteiger partial charge in [-0.1, -0.05) is 12.1 Å². The number of amides is 1. The van der Waals surface area contributed by atoms with Crippen LogP contribution in [0.1, 0.15) is 21.5 Å². The largest absolute Gasteiger partial charge is 0.493 e. The predicted molar refractivity (Wildman–Crippen MR) is 141 cm³/mol. The number of pyridine rings is 1. The molecule has 0 atom stereocenters. The minimum atomic E-state index is -0.250. The van der Waals surface area contributed by atoms with Gasteiger partial charge in [-0.25, -0.2) is 0 Å². The summed E-state index contributed by atoms with van der Waals surface area (Å²) in [6.45, 7) is 3.88. The van der Waals surface area contributed by atoms with Crippen LogP contribution in [-0.2, 0) is 0 Å². The molecule has 0 bridgehead atoms. The van der Waals surface area contributed by atoms with Crippen LogP contribution in [0.15, 0.2) is 66.9 Å². The molecule has 1 heterocycles. The third-order valence-corrected chi connectivity index (χ3v) is 5.83. The fraction of sp³-hybridized carbons (Fsp3) is 0.148. The predicted octanol–water partition coefficient (Wildman–Crippen LogP) is 5.79. The molecule has 4 rings (SSSR count). The van der Waals surface area contributed by atoms with Gasteiger partial charge < -0.3 is 19.5 Å². The Balaban J connectivity index is 1.45. The summed E-state index contributed by atoms with van der Waals surface area (Å²) in [5.41, 5.74) is 4.01. The van der Waals surface area contributed by atoms with E-state index in [1.54, 1.807) is 32.5 Å². The van der Waals surface area contributed by atoms with E-state index in [4.69, 9.17) is 26.4 Å². The van der Waals surface area contributed by atoms with Gasteiger partial charge in [-0.3, -0.25) is 15.1 Å². The van der Waals surface area contributed by atoms with Gasteiger partial charge in [0.15, 0.2) is 16.6 Å². The highest BCUT2D eigenvalue weighted by Crippen LogP contribution is 2.37. The number of thiocarbonyl (C=S) groups is 1. The van der Waals surface area contributed by atoms with Gasteiger partial charge in [0, 0.05) is 28.9 Å². The minimum Gasteiger partial charge on any atom is -0.493 e. The molecule has 1 amide bonds. The average molecular weight is 488 g/mol. The SMILES string of the molecule is COc1cc2nccc(Oc3ccc(NC(=S)NC(=O)c4cccc(C)c4C)cc3)c2cc1OC. The van der Waals surface area contributed by atoms with Gasteiger partial charge in [0.1, 0.15) is 11.5 Å². The van der Waals surface area contributed by atoms with E-state index in [1.165, 1.54) is 0 Å². The number of methoxy groups -OCH3 is 2. The number of ether oxygens (including phenoxy) is 3. The second-order valence-corrected chi connectivity index (χ2v) is 8.22. The first-order chi connectivity index (χ1) is 16.9. The Labute approximate surface area is 209 Å². The van der Waals surface area contributed by atoms with Crippen molar-refractivity contribution in [3.05, 3.63) is 83.6 Å². The number of hydrogen-bond donors (Lipinski definition) is 2. The first kappa shape index (κ1) is 24.0. The summed E-state index contributed by atoms with van der Waals surface area (Å²) in [7, 11) is 3.17. The molecule has 0 saturated heterocycles. The number of carbonyl (C=O) groups excluding carboxylic acids is 1. The maximum absolute atomic E-state index is 12.6. The Morgan fingerprint density at radius 1 is 0.914 bits per heavy atom. The summed E-state index contributed by atoms with van der Waals surface area (Å²) >= 11 is 5.32. The summed E-state index contributed by atoms with van der Waals surface area (Å²) in [6, 6.07) is 18.3. The van der Waals surface area contributed by atoms with Crippen LogP contribution in [0.25, 0.3) is 10.9 Å². The number of aromatic nitrogens is 1. The van der Waals surface area contributed by atoms with Crippen molar-refractivity contribution in [1.82, 2.24) is 10.3 Å². The quantitative estimate of drug-likeness (QED) is 0.333. The Hall–Kier alpha value is -4.17. The molecule has 0 fully saturated rings. The number of hydrogen-bond acceptors (Lipinski definition) is 6. The molecule has 0 saturated carbocycles. The van der Waals surface area contributed by atoms with Gasteiger partial charge in [-0.15, -0.1) is 0 Å². The van der Waals surface area contributed by atoms with Crippen LogP contribution in [0.2, 0.25) is 0 Å². The molecule has 2 N–H and O–H groups in total. The highest BCUT2D eigenvalue weighted by molar-refractivity contribution is 7.80. The highest BCUT2D eigenvalue weighted by atomic mass is 32.1. The molecular formula is C27H25N3O4S. The van der Waals surface area contributed by atoms with E-state index in [1.807, 2.05) is 62.4 Å². The molecule has 0 aliphatic carbocycles. The Kier molecular flexibility index (Phi) is 7.12. The second kappa shape index (κ2) is 10.4. The standard InChI is InChI=1S/C27H25N3O4S/c1-16-6-5-7-20(17(16)2)26(31)30-27(35)29-18-8-10-19(11-9-18)34-23-12-13-28-22-15-25(33-4)24(32-3)14-21(22)23/h5-15H,1-4H3,(H2,29,30,31,35). The molecule has 3 aromatic carbocycles. The van der Waals surface area contributed by atoms with Gasteiger partial charge in [-0.2, -0.15) is 0 Å². The van der Waals surface area contributed by atoms with E-state index in [0.29, 0.717) is 28.6 Å². The average Bonchev–Trinajstić information content (AvgIpc) is 2.86. The molecule has 0 aliphatic rings. The van der Waals surface area contributed by atoms with Gasteiger partial charge in [0.25, 0.3) is 5.91 Å². The normalized spacial score (nSPS) is 10.5. The molecule has 4 aromatic rings. The molecule has 35 heavy (non-hydrogen) atoms. The van der Waals surface area contributed by atoms with Crippen LogP contribution in [0.4, 0.5) is 5.69 Å². The summed E-state index contributed by atoms with van der Waals surface area (Å²) in [5.74, 6) is 2.20. The maximum Gasteiger partial charge on any atom is 0.257 e. The van der Waals surface area contributed by atoms with E-state index in [0.717, 1.165) is 27.7 Å². The van der Waals surface area contributed by atoms with Crippen LogP contribution >= 0.6 is 12.2 Å². The monoisotopic (exact) mass is 487 g/mol. The number of nitrogens with one attached hydrogen (secondary N) is 2. The number of fused-ring (bicyclic) bond motifs is 1. The molecule has 0 radical (unpaired) electrons. The Morgan fingerprint density at radius 2 is 1.63 bits per heavy atom. The molecule has 0 spiro atoms. The first-order valence-corrected chi connectivity index (χ1v) is 11.3. The summed E-state index contributed by atoms with van der Waals surface area (Å²) in [5, 5.41) is 6.76. The minimum absolute atomic E-state index is 0.214. The van der Waals surface area contributed by atoms with Crippen molar-refractivity contribution < 1.29 is 19.0 Å². The maximum atomic E-state index is 12.6. The highest BCUT2D eigenvalue weighted by Gasteiger charge is 2.13. The number of rotatable bonds is 6. The van der Waals surface area contributed by atoms with Crippen LogP contribution in [0.5, 0.6) is 23.0 Å². The van der Waals surface area contributed by atoms with E-state index < -0.39 is 0 Å². The van der Waals surface area contributed by atoms with Crippen molar-refractivity contribution in [3.8, 4) is 23.0 Å². The van der Waals surface area contributed by atoms with Crippen molar-refractivity contribution in [3.63, 3.8) is 0 Å². The third-order valence-electron chi connectivity index (χ3n) is 5.62. The lowest BCUT2D eigenvalue weighted by Crippen LogP contribution is -2.34. The van der Waals surface area contributed by atoms with Crippen LogP contribution in [0, 0.1) is 13.8 Å². The van der Waals surface area contributed by atoms with E-state index in [9.17, 15) is 4.79 Å². The van der Waals surface area contributed by atoms with Gasteiger partial charge in [0.05, 0.1) is 19.7 Å². The fourth-order valence-electron chi connectivity index (χ4n) is 3.60. The topological polar surface area (TPSA) is 81.7 Å². The number of nitrogens with zero attached hydrogens (tertiary/aromatic N) is 1. The fourth-order valence-corrected chi connectivity index (χ4v) is 3.81. The van der Waals surface area contributed by atoms with E-state index in [2.05, 4.69) is 15.6 Å². The van der Waals surface area contributed by atoms with Gasteiger partial charge in [0.2, 0.25) is 0 Å². The molecule has 178 valence electrons. The van der Waals surface area contributed by atoms with Gasteiger partial charge in [-0.05, 0) is 79.7 Å². The molecule has 0 aliphatic heterocycles. The first-order valence-electron chi connectivity index (χ1n) is 10.9. The van der Waals surface area contributed by atoms with Crippen molar-refractivity contribution in [2.24, 2.45) is 0 Å². The number of anilines is 1. The Bertz CT molecular complexity index is 1400. The summed E-state index contributed by atoms with van der Waals surface area (Å²) in [4.78, 5) is 17.0. The zero-order chi connectivity index (χ0) is 24.9. The smallest absolute Gasteiger partial charge is 0.257 e.